The van der Waals surface area contributed by atoms with Crippen LogP contribution in [0, 0.1) is 5.95 Å². The van der Waals surface area contributed by atoms with Crippen molar-refractivity contribution >= 4 is 12.7 Å². The summed E-state index contributed by atoms with van der Waals surface area (Å²) >= 11 is 0. The first kappa shape index (κ1) is 12.1. The van der Waals surface area contributed by atoms with Crippen LogP contribution in [0.3, 0.4) is 0 Å². The Kier molecular flexibility index (Phi) is 2.38. The summed E-state index contributed by atoms with van der Waals surface area (Å²) in [5, 5.41) is 7.73. The molecule has 0 spiro atoms. The van der Waals surface area contributed by atoms with E-state index in [4.69, 9.17) is 9.31 Å². The van der Waals surface area contributed by atoms with Crippen LogP contribution in [-0.4, -0.2) is 33.3 Å². The van der Waals surface area contributed by atoms with Gasteiger partial charge >= 0.3 is 7.12 Å². The SMILES string of the molecule is CC1(C)OB(c2nnn(C3CC3)c2F)OC1(C)C. The van der Waals surface area contributed by atoms with Gasteiger partial charge < -0.3 is 9.31 Å². The summed E-state index contributed by atoms with van der Waals surface area (Å²) in [6.45, 7) is 7.71. The van der Waals surface area contributed by atoms with E-state index in [9.17, 15) is 4.39 Å². The number of halogens is 1. The Hall–Kier alpha value is -0.945. The molecular weight excluding hydrogens is 236 g/mol. The predicted octanol–water partition coefficient (Wildman–Crippen LogP) is 1.05. The Labute approximate surface area is 106 Å². The molecule has 0 radical (unpaired) electrons. The summed E-state index contributed by atoms with van der Waals surface area (Å²) in [6, 6.07) is 0.161. The summed E-state index contributed by atoms with van der Waals surface area (Å²) in [4.78, 5) is 0. The molecule has 0 unspecified atom stereocenters. The first-order chi connectivity index (χ1) is 8.32. The molecule has 1 aromatic heterocycles. The van der Waals surface area contributed by atoms with Crippen molar-refractivity contribution in [3.8, 4) is 0 Å². The lowest BCUT2D eigenvalue weighted by Crippen LogP contribution is -2.41. The molecule has 0 amide bonds. The molecule has 0 bridgehead atoms. The van der Waals surface area contributed by atoms with E-state index >= 15 is 0 Å². The zero-order valence-corrected chi connectivity index (χ0v) is 11.1. The van der Waals surface area contributed by atoms with Gasteiger partial charge in [-0.2, -0.15) is 4.39 Å². The molecule has 1 saturated heterocycles. The second-order valence-corrected chi connectivity index (χ2v) is 6.03. The molecule has 2 fully saturated rings. The summed E-state index contributed by atoms with van der Waals surface area (Å²) < 4.78 is 27.0. The van der Waals surface area contributed by atoms with Crippen molar-refractivity contribution in [3.63, 3.8) is 0 Å². The van der Waals surface area contributed by atoms with E-state index in [0.29, 0.717) is 0 Å². The highest BCUT2D eigenvalue weighted by Gasteiger charge is 2.54. The minimum Gasteiger partial charge on any atom is -0.398 e. The highest BCUT2D eigenvalue weighted by Crippen LogP contribution is 2.37. The van der Waals surface area contributed by atoms with Gasteiger partial charge in [0.1, 0.15) is 0 Å². The molecule has 2 aliphatic rings. The maximum Gasteiger partial charge on any atom is 0.521 e. The van der Waals surface area contributed by atoms with Gasteiger partial charge in [0.05, 0.1) is 17.2 Å². The fourth-order valence-electron chi connectivity index (χ4n) is 1.95. The minimum absolute atomic E-state index is 0.153. The number of hydrogen-bond donors (Lipinski definition) is 0. The zero-order chi connectivity index (χ0) is 13.1. The maximum absolute atomic E-state index is 14.2. The van der Waals surface area contributed by atoms with Gasteiger partial charge in [-0.3, -0.25) is 0 Å². The van der Waals surface area contributed by atoms with E-state index in [-0.39, 0.29) is 11.6 Å². The third kappa shape index (κ3) is 1.68. The predicted molar refractivity (Wildman–Crippen MR) is 64.0 cm³/mol. The van der Waals surface area contributed by atoms with Crippen LogP contribution in [0.4, 0.5) is 4.39 Å². The average molecular weight is 253 g/mol. The van der Waals surface area contributed by atoms with Crippen LogP contribution in [0.25, 0.3) is 0 Å². The standard InChI is InChI=1S/C11H17BFN3O2/c1-10(2)11(3,4)18-12(17-10)8-9(13)16(15-14-8)7-5-6-7/h7H,5-6H2,1-4H3. The Morgan fingerprint density at radius 1 is 1.22 bits per heavy atom. The van der Waals surface area contributed by atoms with E-state index in [1.807, 2.05) is 27.7 Å². The van der Waals surface area contributed by atoms with Crippen molar-refractivity contribution in [1.82, 2.24) is 15.0 Å². The number of rotatable bonds is 2. The fourth-order valence-corrected chi connectivity index (χ4v) is 1.95. The van der Waals surface area contributed by atoms with E-state index in [1.54, 1.807) is 0 Å². The summed E-state index contributed by atoms with van der Waals surface area (Å²) in [5.41, 5.74) is -0.832. The second-order valence-electron chi connectivity index (χ2n) is 6.03. The molecule has 1 aromatic rings. The number of aromatic nitrogens is 3. The molecule has 0 aromatic carbocycles. The molecule has 18 heavy (non-hydrogen) atoms. The van der Waals surface area contributed by atoms with Crippen LogP contribution in [0.2, 0.25) is 0 Å². The molecule has 1 aliphatic carbocycles. The van der Waals surface area contributed by atoms with Gasteiger partial charge in [0.15, 0.2) is 5.59 Å². The smallest absolute Gasteiger partial charge is 0.398 e. The maximum atomic E-state index is 14.2. The first-order valence-electron chi connectivity index (χ1n) is 6.28. The molecule has 0 N–H and O–H groups in total. The second kappa shape index (κ2) is 3.54. The van der Waals surface area contributed by atoms with Crippen LogP contribution in [0.1, 0.15) is 46.6 Å². The highest BCUT2D eigenvalue weighted by atomic mass is 19.1. The third-order valence-corrected chi connectivity index (χ3v) is 4.03. The van der Waals surface area contributed by atoms with E-state index in [1.165, 1.54) is 4.68 Å². The lowest BCUT2D eigenvalue weighted by atomic mass is 9.85. The molecular formula is C11H17BFN3O2. The van der Waals surface area contributed by atoms with Crippen molar-refractivity contribution in [2.24, 2.45) is 0 Å². The molecule has 3 rings (SSSR count). The topological polar surface area (TPSA) is 49.2 Å². The quantitative estimate of drug-likeness (QED) is 0.739. The zero-order valence-electron chi connectivity index (χ0n) is 11.1. The van der Waals surface area contributed by atoms with Crippen LogP contribution in [-0.2, 0) is 9.31 Å². The Balaban J connectivity index is 1.88. The molecule has 98 valence electrons. The average Bonchev–Trinajstić information content (AvgIpc) is 2.96. The van der Waals surface area contributed by atoms with Crippen molar-refractivity contribution in [3.05, 3.63) is 5.95 Å². The van der Waals surface area contributed by atoms with Gasteiger partial charge in [0.2, 0.25) is 5.95 Å². The highest BCUT2D eigenvalue weighted by molar-refractivity contribution is 6.61. The van der Waals surface area contributed by atoms with Crippen molar-refractivity contribution < 1.29 is 13.7 Å². The molecule has 2 heterocycles. The number of hydrogen-bond acceptors (Lipinski definition) is 4. The van der Waals surface area contributed by atoms with Gasteiger partial charge in [-0.1, -0.05) is 5.21 Å². The van der Waals surface area contributed by atoms with E-state index < -0.39 is 24.3 Å². The van der Waals surface area contributed by atoms with E-state index in [2.05, 4.69) is 10.3 Å². The molecule has 0 atom stereocenters. The Bertz CT molecular complexity index is 469. The Morgan fingerprint density at radius 2 is 1.78 bits per heavy atom. The molecule has 5 nitrogen and oxygen atoms in total. The normalized spacial score (nSPS) is 25.7. The van der Waals surface area contributed by atoms with Crippen molar-refractivity contribution in [2.45, 2.75) is 57.8 Å². The summed E-state index contributed by atoms with van der Waals surface area (Å²) in [7, 11) is -0.775. The molecule has 1 saturated carbocycles. The fraction of sp³-hybridized carbons (Fsp3) is 0.818. The summed E-state index contributed by atoms with van der Waals surface area (Å²) in [5.74, 6) is -0.434. The lowest BCUT2D eigenvalue weighted by Gasteiger charge is -2.32. The van der Waals surface area contributed by atoms with Crippen LogP contribution in [0.5, 0.6) is 0 Å². The van der Waals surface area contributed by atoms with Crippen LogP contribution in [0.15, 0.2) is 0 Å². The summed E-state index contributed by atoms with van der Waals surface area (Å²) in [6.07, 6.45) is 1.92. The largest absolute Gasteiger partial charge is 0.521 e. The van der Waals surface area contributed by atoms with Crippen molar-refractivity contribution in [1.29, 1.82) is 0 Å². The Morgan fingerprint density at radius 3 is 2.28 bits per heavy atom. The third-order valence-electron chi connectivity index (χ3n) is 4.03. The van der Waals surface area contributed by atoms with Gasteiger partial charge in [-0.25, -0.2) is 4.68 Å². The molecule has 1 aliphatic heterocycles. The molecule has 7 heteroatoms. The van der Waals surface area contributed by atoms with E-state index in [0.717, 1.165) is 12.8 Å². The van der Waals surface area contributed by atoms with Crippen molar-refractivity contribution in [2.75, 3.05) is 0 Å². The van der Waals surface area contributed by atoms with Crippen LogP contribution < -0.4 is 5.59 Å². The van der Waals surface area contributed by atoms with Gasteiger partial charge in [-0.05, 0) is 40.5 Å². The lowest BCUT2D eigenvalue weighted by molar-refractivity contribution is 0.00578. The first-order valence-corrected chi connectivity index (χ1v) is 6.28. The van der Waals surface area contributed by atoms with Gasteiger partial charge in [0.25, 0.3) is 0 Å². The van der Waals surface area contributed by atoms with Crippen LogP contribution >= 0.6 is 0 Å². The minimum atomic E-state index is -0.775. The number of nitrogens with zero attached hydrogens (tertiary/aromatic N) is 3. The van der Waals surface area contributed by atoms with Gasteiger partial charge in [-0.15, -0.1) is 5.10 Å². The monoisotopic (exact) mass is 253 g/mol. The van der Waals surface area contributed by atoms with Gasteiger partial charge in [0, 0.05) is 0 Å².